The smallest absolute Gasteiger partial charge is 0.141 e. The van der Waals surface area contributed by atoms with E-state index >= 15 is 0 Å². The van der Waals surface area contributed by atoms with Crippen molar-refractivity contribution in [1.29, 1.82) is 0 Å². The van der Waals surface area contributed by atoms with E-state index in [-0.39, 0.29) is 0 Å². The van der Waals surface area contributed by atoms with Crippen molar-refractivity contribution in [2.75, 3.05) is 0 Å². The second-order valence-electron chi connectivity index (χ2n) is 2.75. The average Bonchev–Trinajstić information content (AvgIpc) is 2.48. The fraction of sp³-hybridized carbons (Fsp3) is 0.222. The molecule has 62 valence electrons. The van der Waals surface area contributed by atoms with Gasteiger partial charge >= 0.3 is 0 Å². The van der Waals surface area contributed by atoms with Crippen LogP contribution in [0, 0.1) is 6.92 Å². The molecule has 0 fully saturated rings. The normalized spacial score (nSPS) is 10.8. The predicted molar refractivity (Wildman–Crippen MR) is 46.6 cm³/mol. The molecule has 0 saturated heterocycles. The zero-order valence-electron chi connectivity index (χ0n) is 6.87. The Morgan fingerprint density at radius 3 is 3.08 bits per heavy atom. The van der Waals surface area contributed by atoms with Gasteiger partial charge in [-0.1, -0.05) is 17.3 Å². The van der Waals surface area contributed by atoms with Crippen molar-refractivity contribution >= 4 is 10.9 Å². The number of aryl methyl sites for hydroxylation is 1. The average molecular weight is 162 g/mol. The van der Waals surface area contributed by atoms with Crippen molar-refractivity contribution in [2.45, 2.75) is 13.5 Å². The topological polar surface area (TPSA) is 52.0 Å². The number of benzene rings is 1. The molecule has 0 spiro atoms. The standard InChI is InChI=1S/C9H10N2O/c1-6-9-7(5-10)3-2-4-8(9)11-12-6/h2-4H,5,10H2,1H3. The van der Waals surface area contributed by atoms with Crippen molar-refractivity contribution < 1.29 is 4.52 Å². The van der Waals surface area contributed by atoms with E-state index in [0.717, 1.165) is 22.2 Å². The molecule has 3 nitrogen and oxygen atoms in total. The van der Waals surface area contributed by atoms with Crippen LogP contribution in [0.5, 0.6) is 0 Å². The van der Waals surface area contributed by atoms with Crippen LogP contribution in [0.3, 0.4) is 0 Å². The summed E-state index contributed by atoms with van der Waals surface area (Å²) < 4.78 is 5.05. The van der Waals surface area contributed by atoms with Crippen molar-refractivity contribution in [3.8, 4) is 0 Å². The van der Waals surface area contributed by atoms with Crippen LogP contribution in [0.25, 0.3) is 10.9 Å². The van der Waals surface area contributed by atoms with Gasteiger partial charge < -0.3 is 10.3 Å². The summed E-state index contributed by atoms with van der Waals surface area (Å²) in [6.45, 7) is 2.42. The largest absolute Gasteiger partial charge is 0.360 e. The molecule has 3 heteroatoms. The van der Waals surface area contributed by atoms with Gasteiger partial charge in [-0.25, -0.2) is 0 Å². The van der Waals surface area contributed by atoms with Crippen molar-refractivity contribution in [3.63, 3.8) is 0 Å². The summed E-state index contributed by atoms with van der Waals surface area (Å²) in [5, 5.41) is 4.95. The molecule has 0 atom stereocenters. The maximum Gasteiger partial charge on any atom is 0.141 e. The highest BCUT2D eigenvalue weighted by atomic mass is 16.5. The number of fused-ring (bicyclic) bond motifs is 1. The number of rotatable bonds is 1. The second kappa shape index (κ2) is 2.60. The fourth-order valence-electron chi connectivity index (χ4n) is 1.40. The summed E-state index contributed by atoms with van der Waals surface area (Å²) in [7, 11) is 0. The van der Waals surface area contributed by atoms with Gasteiger partial charge in [0.25, 0.3) is 0 Å². The van der Waals surface area contributed by atoms with Crippen LogP contribution >= 0.6 is 0 Å². The molecule has 2 aromatic rings. The molecule has 0 aliphatic rings. The first-order valence-electron chi connectivity index (χ1n) is 3.87. The Morgan fingerprint density at radius 2 is 2.33 bits per heavy atom. The Bertz CT molecular complexity index is 406. The van der Waals surface area contributed by atoms with Gasteiger partial charge in [0.05, 0.1) is 0 Å². The zero-order chi connectivity index (χ0) is 8.55. The van der Waals surface area contributed by atoms with Crippen molar-refractivity contribution in [1.82, 2.24) is 5.16 Å². The Morgan fingerprint density at radius 1 is 1.50 bits per heavy atom. The lowest BCUT2D eigenvalue weighted by molar-refractivity contribution is 0.405. The number of hydrogen-bond donors (Lipinski definition) is 1. The van der Waals surface area contributed by atoms with Gasteiger partial charge in [-0.15, -0.1) is 0 Å². The van der Waals surface area contributed by atoms with Gasteiger partial charge in [0.2, 0.25) is 0 Å². The first kappa shape index (κ1) is 7.31. The first-order chi connectivity index (χ1) is 5.83. The summed E-state index contributed by atoms with van der Waals surface area (Å²) in [6, 6.07) is 5.85. The second-order valence-corrected chi connectivity index (χ2v) is 2.75. The molecule has 12 heavy (non-hydrogen) atoms. The summed E-state index contributed by atoms with van der Waals surface area (Å²) in [4.78, 5) is 0. The number of nitrogens with zero attached hydrogens (tertiary/aromatic N) is 1. The van der Waals surface area contributed by atoms with Crippen molar-refractivity contribution in [2.24, 2.45) is 5.73 Å². The maximum absolute atomic E-state index is 5.57. The molecule has 2 N–H and O–H groups in total. The molecule has 0 saturated carbocycles. The summed E-state index contributed by atoms with van der Waals surface area (Å²) in [6.07, 6.45) is 0. The van der Waals surface area contributed by atoms with Crippen LogP contribution in [-0.2, 0) is 6.54 Å². The molecular weight excluding hydrogens is 152 g/mol. The third-order valence-corrected chi connectivity index (χ3v) is 1.98. The Kier molecular flexibility index (Phi) is 1.59. The minimum Gasteiger partial charge on any atom is -0.360 e. The maximum atomic E-state index is 5.57. The Labute approximate surface area is 70.1 Å². The van der Waals surface area contributed by atoms with Crippen molar-refractivity contribution in [3.05, 3.63) is 29.5 Å². The number of aromatic nitrogens is 1. The van der Waals surface area contributed by atoms with Crippen LogP contribution in [-0.4, -0.2) is 5.16 Å². The van der Waals surface area contributed by atoms with E-state index in [4.69, 9.17) is 10.3 Å². The lowest BCUT2D eigenvalue weighted by Crippen LogP contribution is -1.96. The van der Waals surface area contributed by atoms with Crippen LogP contribution in [0.2, 0.25) is 0 Å². The third-order valence-electron chi connectivity index (χ3n) is 1.98. The van der Waals surface area contributed by atoms with E-state index in [1.165, 1.54) is 0 Å². The highest BCUT2D eigenvalue weighted by Gasteiger charge is 2.06. The van der Waals surface area contributed by atoms with E-state index in [1.807, 2.05) is 25.1 Å². The van der Waals surface area contributed by atoms with E-state index < -0.39 is 0 Å². The molecule has 0 bridgehead atoms. The summed E-state index contributed by atoms with van der Waals surface area (Å²) >= 11 is 0. The van der Waals surface area contributed by atoms with E-state index in [2.05, 4.69) is 5.16 Å². The van der Waals surface area contributed by atoms with Crippen LogP contribution in [0.15, 0.2) is 22.7 Å². The molecule has 0 amide bonds. The van der Waals surface area contributed by atoms with Gasteiger partial charge in [0.1, 0.15) is 11.3 Å². The van der Waals surface area contributed by atoms with Gasteiger partial charge in [-0.05, 0) is 18.6 Å². The molecule has 2 rings (SSSR count). The molecule has 0 unspecified atom stereocenters. The van der Waals surface area contributed by atoms with Gasteiger partial charge in [-0.2, -0.15) is 0 Å². The molecule has 1 heterocycles. The number of nitrogens with two attached hydrogens (primary N) is 1. The van der Waals surface area contributed by atoms with Crippen LogP contribution < -0.4 is 5.73 Å². The SMILES string of the molecule is Cc1onc2cccc(CN)c12. The van der Waals surface area contributed by atoms with Crippen LogP contribution in [0.4, 0.5) is 0 Å². The molecule has 0 radical (unpaired) electrons. The highest BCUT2D eigenvalue weighted by Crippen LogP contribution is 2.21. The summed E-state index contributed by atoms with van der Waals surface area (Å²) in [5.41, 5.74) is 7.55. The lowest BCUT2D eigenvalue weighted by Gasteiger charge is -1.96. The molecular formula is C9H10N2O. The van der Waals surface area contributed by atoms with E-state index in [9.17, 15) is 0 Å². The quantitative estimate of drug-likeness (QED) is 0.692. The Hall–Kier alpha value is -1.35. The fourth-order valence-corrected chi connectivity index (χ4v) is 1.40. The van der Waals surface area contributed by atoms with Gasteiger partial charge in [0.15, 0.2) is 0 Å². The monoisotopic (exact) mass is 162 g/mol. The summed E-state index contributed by atoms with van der Waals surface area (Å²) in [5.74, 6) is 0.839. The first-order valence-corrected chi connectivity index (χ1v) is 3.87. The van der Waals surface area contributed by atoms with E-state index in [1.54, 1.807) is 0 Å². The Balaban J connectivity index is 2.84. The minimum absolute atomic E-state index is 0.527. The minimum atomic E-state index is 0.527. The van der Waals surface area contributed by atoms with Gasteiger partial charge in [-0.3, -0.25) is 0 Å². The third kappa shape index (κ3) is 0.905. The highest BCUT2D eigenvalue weighted by molar-refractivity contribution is 5.83. The van der Waals surface area contributed by atoms with Crippen LogP contribution in [0.1, 0.15) is 11.3 Å². The lowest BCUT2D eigenvalue weighted by atomic mass is 10.1. The number of hydrogen-bond acceptors (Lipinski definition) is 3. The predicted octanol–water partition coefficient (Wildman–Crippen LogP) is 1.59. The van der Waals surface area contributed by atoms with E-state index in [0.29, 0.717) is 6.54 Å². The molecule has 1 aromatic heterocycles. The molecule has 0 aliphatic carbocycles. The van der Waals surface area contributed by atoms with Gasteiger partial charge in [0, 0.05) is 11.9 Å². The molecule has 0 aliphatic heterocycles. The zero-order valence-corrected chi connectivity index (χ0v) is 6.87. The molecule has 1 aromatic carbocycles.